The van der Waals surface area contributed by atoms with Gasteiger partial charge in [0.05, 0.1) is 18.2 Å². The van der Waals surface area contributed by atoms with Crippen LogP contribution in [0.4, 0.5) is 5.69 Å². The normalized spacial score (nSPS) is 11.2. The van der Waals surface area contributed by atoms with Crippen LogP contribution in [0.1, 0.15) is 10.4 Å². The Morgan fingerprint density at radius 3 is 2.55 bits per heavy atom. The number of benzene rings is 4. The first-order chi connectivity index (χ1) is 14.1. The number of phenols is 1. The fourth-order valence-corrected chi connectivity index (χ4v) is 3.74. The number of nitrogens with one attached hydrogen (secondary N) is 2. The van der Waals surface area contributed by atoms with Crippen LogP contribution in [0.25, 0.3) is 32.6 Å². The zero-order valence-corrected chi connectivity index (χ0v) is 15.7. The van der Waals surface area contributed by atoms with Crippen LogP contribution in [0, 0.1) is 0 Å². The minimum absolute atomic E-state index is 0.0605. The van der Waals surface area contributed by atoms with E-state index in [1.165, 1.54) is 0 Å². The van der Waals surface area contributed by atoms with E-state index in [0.29, 0.717) is 5.69 Å². The van der Waals surface area contributed by atoms with Gasteiger partial charge in [0.15, 0.2) is 0 Å². The Labute approximate surface area is 166 Å². The van der Waals surface area contributed by atoms with Crippen LogP contribution in [-0.4, -0.2) is 23.1 Å². The van der Waals surface area contributed by atoms with E-state index in [0.717, 1.165) is 38.3 Å². The highest BCUT2D eigenvalue weighted by Gasteiger charge is 2.15. The van der Waals surface area contributed by atoms with Gasteiger partial charge in [0.2, 0.25) is 0 Å². The molecule has 4 aromatic carbocycles. The SMILES string of the molecule is COc1ccc2[nH]c3c4cc(O)c(C(=O)Nc5ccccc5)cc4ccc3c2c1. The zero-order valence-electron chi connectivity index (χ0n) is 15.7. The van der Waals surface area contributed by atoms with E-state index in [-0.39, 0.29) is 17.2 Å². The summed E-state index contributed by atoms with van der Waals surface area (Å²) in [5.74, 6) is 0.376. The maximum Gasteiger partial charge on any atom is 0.259 e. The predicted molar refractivity (Wildman–Crippen MR) is 116 cm³/mol. The van der Waals surface area contributed by atoms with E-state index in [2.05, 4.69) is 10.3 Å². The molecule has 5 rings (SSSR count). The number of carbonyl (C=O) groups is 1. The molecule has 142 valence electrons. The van der Waals surface area contributed by atoms with Gasteiger partial charge in [0.25, 0.3) is 5.91 Å². The minimum atomic E-state index is -0.350. The fraction of sp³-hybridized carbons (Fsp3) is 0.0417. The first-order valence-corrected chi connectivity index (χ1v) is 9.25. The Kier molecular flexibility index (Phi) is 3.88. The van der Waals surface area contributed by atoms with Gasteiger partial charge in [-0.25, -0.2) is 0 Å². The Morgan fingerprint density at radius 2 is 1.76 bits per heavy atom. The number of fused-ring (bicyclic) bond motifs is 5. The maximum absolute atomic E-state index is 12.7. The van der Waals surface area contributed by atoms with Crippen LogP contribution in [0.2, 0.25) is 0 Å². The molecule has 0 saturated heterocycles. The molecular weight excluding hydrogens is 364 g/mol. The van der Waals surface area contributed by atoms with E-state index in [4.69, 9.17) is 4.74 Å². The summed E-state index contributed by atoms with van der Waals surface area (Å²) in [5, 5.41) is 17.2. The van der Waals surface area contributed by atoms with E-state index in [1.54, 1.807) is 31.4 Å². The summed E-state index contributed by atoms with van der Waals surface area (Å²) in [6.07, 6.45) is 0. The Hall–Kier alpha value is -3.99. The van der Waals surface area contributed by atoms with Gasteiger partial charge in [-0.2, -0.15) is 0 Å². The standard InChI is InChI=1S/C24H18N2O3/c1-29-16-8-10-21-19(12-16)17-9-7-14-11-20(22(27)13-18(14)23(17)26-21)24(28)25-15-5-3-2-4-6-15/h2-13,26-27H,1H3,(H,25,28). The van der Waals surface area contributed by atoms with Crippen molar-refractivity contribution in [1.29, 1.82) is 0 Å². The molecule has 0 bridgehead atoms. The quantitative estimate of drug-likeness (QED) is 0.389. The van der Waals surface area contributed by atoms with Gasteiger partial charge in [-0.1, -0.05) is 30.3 Å². The number of aromatic nitrogens is 1. The molecule has 0 radical (unpaired) electrons. The van der Waals surface area contributed by atoms with E-state index < -0.39 is 0 Å². The van der Waals surface area contributed by atoms with Crippen LogP contribution < -0.4 is 10.1 Å². The van der Waals surface area contributed by atoms with E-state index >= 15 is 0 Å². The lowest BCUT2D eigenvalue weighted by atomic mass is 10.0. The summed E-state index contributed by atoms with van der Waals surface area (Å²) >= 11 is 0. The first kappa shape index (κ1) is 17.1. The van der Waals surface area contributed by atoms with Gasteiger partial charge in [-0.15, -0.1) is 0 Å². The molecule has 0 unspecified atom stereocenters. The molecule has 5 aromatic rings. The number of amides is 1. The number of ether oxygens (including phenoxy) is 1. The highest BCUT2D eigenvalue weighted by Crippen LogP contribution is 2.35. The molecule has 5 heteroatoms. The predicted octanol–water partition coefficient (Wildman–Crippen LogP) is 5.44. The van der Waals surface area contributed by atoms with Crippen LogP contribution in [-0.2, 0) is 0 Å². The molecule has 5 nitrogen and oxygen atoms in total. The Balaban J connectivity index is 1.64. The summed E-state index contributed by atoms with van der Waals surface area (Å²) in [5.41, 5.74) is 2.81. The maximum atomic E-state index is 12.7. The third kappa shape index (κ3) is 2.84. The summed E-state index contributed by atoms with van der Waals surface area (Å²) < 4.78 is 5.34. The third-order valence-corrected chi connectivity index (χ3v) is 5.19. The molecule has 1 aromatic heterocycles. The van der Waals surface area contributed by atoms with Crippen molar-refractivity contribution in [2.24, 2.45) is 0 Å². The molecule has 0 aliphatic heterocycles. The number of para-hydroxylation sites is 1. The first-order valence-electron chi connectivity index (χ1n) is 9.25. The monoisotopic (exact) mass is 382 g/mol. The highest BCUT2D eigenvalue weighted by atomic mass is 16.5. The number of carbonyl (C=O) groups excluding carboxylic acids is 1. The van der Waals surface area contributed by atoms with Crippen LogP contribution in [0.5, 0.6) is 11.5 Å². The summed E-state index contributed by atoms with van der Waals surface area (Å²) in [6.45, 7) is 0. The Bertz CT molecular complexity index is 1390. The average Bonchev–Trinajstić information content (AvgIpc) is 3.12. The smallest absolute Gasteiger partial charge is 0.259 e. The van der Waals surface area contributed by atoms with E-state index in [9.17, 15) is 9.90 Å². The van der Waals surface area contributed by atoms with Crippen molar-refractivity contribution in [1.82, 2.24) is 4.98 Å². The second-order valence-electron chi connectivity index (χ2n) is 6.94. The molecule has 0 aliphatic carbocycles. The molecule has 0 saturated carbocycles. The average molecular weight is 382 g/mol. The number of aromatic hydroxyl groups is 1. The molecule has 0 spiro atoms. The number of hydrogen-bond acceptors (Lipinski definition) is 3. The molecule has 0 atom stereocenters. The van der Waals surface area contributed by atoms with Gasteiger partial charge in [-0.3, -0.25) is 4.79 Å². The van der Waals surface area contributed by atoms with Crippen molar-refractivity contribution in [3.63, 3.8) is 0 Å². The number of methoxy groups -OCH3 is 1. The molecule has 0 aliphatic rings. The van der Waals surface area contributed by atoms with Gasteiger partial charge in [0.1, 0.15) is 11.5 Å². The van der Waals surface area contributed by atoms with Gasteiger partial charge < -0.3 is 20.1 Å². The van der Waals surface area contributed by atoms with Crippen LogP contribution >= 0.6 is 0 Å². The van der Waals surface area contributed by atoms with Gasteiger partial charge >= 0.3 is 0 Å². The van der Waals surface area contributed by atoms with Gasteiger partial charge in [-0.05, 0) is 47.9 Å². The number of hydrogen-bond donors (Lipinski definition) is 3. The van der Waals surface area contributed by atoms with Crippen molar-refractivity contribution in [2.75, 3.05) is 12.4 Å². The van der Waals surface area contributed by atoms with E-state index in [1.807, 2.05) is 48.5 Å². The van der Waals surface area contributed by atoms with Gasteiger partial charge in [0, 0.05) is 27.4 Å². The molecule has 29 heavy (non-hydrogen) atoms. The summed E-state index contributed by atoms with van der Waals surface area (Å²) in [6, 6.07) is 22.4. The lowest BCUT2D eigenvalue weighted by molar-refractivity contribution is 0.102. The van der Waals surface area contributed by atoms with Crippen LogP contribution in [0.15, 0.2) is 72.8 Å². The summed E-state index contributed by atoms with van der Waals surface area (Å²) in [7, 11) is 1.64. The minimum Gasteiger partial charge on any atom is -0.507 e. The zero-order chi connectivity index (χ0) is 20.0. The van der Waals surface area contributed by atoms with Crippen molar-refractivity contribution >= 4 is 44.2 Å². The molecule has 3 N–H and O–H groups in total. The molecule has 1 amide bonds. The summed E-state index contributed by atoms with van der Waals surface area (Å²) in [4.78, 5) is 16.1. The van der Waals surface area contributed by atoms with Crippen molar-refractivity contribution < 1.29 is 14.6 Å². The largest absolute Gasteiger partial charge is 0.507 e. The highest BCUT2D eigenvalue weighted by molar-refractivity contribution is 6.19. The topological polar surface area (TPSA) is 74.3 Å². The lowest BCUT2D eigenvalue weighted by Crippen LogP contribution is -2.12. The number of rotatable bonds is 3. The van der Waals surface area contributed by atoms with Crippen LogP contribution in [0.3, 0.4) is 0 Å². The number of phenolic OH excluding ortho intramolecular Hbond substituents is 1. The van der Waals surface area contributed by atoms with Crippen molar-refractivity contribution in [3.8, 4) is 11.5 Å². The second kappa shape index (κ2) is 6.56. The number of aromatic amines is 1. The molecule has 0 fully saturated rings. The van der Waals surface area contributed by atoms with Crippen molar-refractivity contribution in [2.45, 2.75) is 0 Å². The Morgan fingerprint density at radius 1 is 0.931 bits per heavy atom. The molecular formula is C24H18N2O3. The molecule has 1 heterocycles. The number of anilines is 1. The fourth-order valence-electron chi connectivity index (χ4n) is 3.74. The second-order valence-corrected chi connectivity index (χ2v) is 6.94. The lowest BCUT2D eigenvalue weighted by Gasteiger charge is -2.09. The van der Waals surface area contributed by atoms with Crippen molar-refractivity contribution in [3.05, 3.63) is 78.4 Å². The number of H-pyrrole nitrogens is 1. The third-order valence-electron chi connectivity index (χ3n) is 5.19.